The van der Waals surface area contributed by atoms with Crippen LogP contribution in [0.2, 0.25) is 0 Å². The zero-order valence-electron chi connectivity index (χ0n) is 16.5. The molecule has 28 heavy (non-hydrogen) atoms. The molecule has 0 amide bonds. The molecule has 0 atom stereocenters. The number of carbonyl (C=O) groups is 6. The maximum atomic E-state index is 10.4. The number of hydrogen-bond acceptors (Lipinski definition) is 9. The Labute approximate surface area is 179 Å². The van der Waals surface area contributed by atoms with Gasteiger partial charge in [-0.05, 0) is 19.3 Å². The largest absolute Gasteiger partial charge is 3.00 e. The molecule has 0 aromatic rings. The van der Waals surface area contributed by atoms with Gasteiger partial charge in [0, 0.05) is 56.4 Å². The van der Waals surface area contributed by atoms with E-state index in [1.54, 1.807) is 0 Å². The predicted molar refractivity (Wildman–Crippen MR) is 88.6 cm³/mol. The van der Waals surface area contributed by atoms with Gasteiger partial charge in [0.05, 0.1) is 0 Å². The Hall–Kier alpha value is -1.87. The van der Waals surface area contributed by atoms with Crippen LogP contribution in [0.4, 0.5) is 0 Å². The molecule has 0 aliphatic carbocycles. The number of carboxylic acids is 3. The molecule has 0 spiro atoms. The Kier molecular flexibility index (Phi) is 27.9. The van der Waals surface area contributed by atoms with Crippen molar-refractivity contribution in [2.75, 3.05) is 0 Å². The molecule has 0 rings (SSSR count). The second-order valence-electron chi connectivity index (χ2n) is 5.51. The van der Waals surface area contributed by atoms with E-state index >= 15 is 0 Å². The first kappa shape index (κ1) is 33.7. The molecule has 0 heterocycles. The van der Waals surface area contributed by atoms with Gasteiger partial charge in [0.15, 0.2) is 0 Å². The fraction of sp³-hybridized carbons (Fsp3) is 0.667. The van der Waals surface area contributed by atoms with Crippen LogP contribution < -0.4 is 15.3 Å². The van der Waals surface area contributed by atoms with Gasteiger partial charge in [-0.1, -0.05) is 20.8 Å². The molecule has 157 valence electrons. The summed E-state index contributed by atoms with van der Waals surface area (Å²) in [7, 11) is 0. The monoisotopic (exact) mass is 435 g/mol. The van der Waals surface area contributed by atoms with Crippen LogP contribution in [0.3, 0.4) is 0 Å². The average Bonchev–Trinajstić information content (AvgIpc) is 2.46. The van der Waals surface area contributed by atoms with Crippen molar-refractivity contribution in [3.8, 4) is 0 Å². The molecule has 10 heteroatoms. The molecule has 0 bridgehead atoms. The SMILES string of the molecule is CCCC(=O)CC(=O)[O-].CCCC(=O)CC(=O)[O-].CCCC(=O)CC(=O)[O-].[Ti+3]. The van der Waals surface area contributed by atoms with Crippen LogP contribution in [-0.2, 0) is 50.5 Å². The van der Waals surface area contributed by atoms with E-state index in [4.69, 9.17) is 0 Å². The van der Waals surface area contributed by atoms with Crippen molar-refractivity contribution in [3.05, 3.63) is 0 Å². The summed E-state index contributed by atoms with van der Waals surface area (Å²) in [4.78, 5) is 60.6. The molecular weight excluding hydrogens is 408 g/mol. The van der Waals surface area contributed by atoms with E-state index in [0.717, 1.165) is 0 Å². The summed E-state index contributed by atoms with van der Waals surface area (Å²) in [5.74, 6) is -4.61. The number of carbonyl (C=O) groups excluding carboxylic acids is 6. The number of Topliss-reactive ketones (excluding diaryl/α,β-unsaturated/α-hetero) is 3. The van der Waals surface area contributed by atoms with E-state index in [0.29, 0.717) is 38.5 Å². The minimum absolute atomic E-state index is 0. The summed E-state index contributed by atoms with van der Waals surface area (Å²) >= 11 is 0. The smallest absolute Gasteiger partial charge is 0.550 e. The first-order valence-corrected chi connectivity index (χ1v) is 8.64. The first-order valence-electron chi connectivity index (χ1n) is 8.64. The van der Waals surface area contributed by atoms with Crippen LogP contribution in [-0.4, -0.2) is 35.3 Å². The number of ketones is 3. The molecule has 0 aromatic carbocycles. The van der Waals surface area contributed by atoms with Crippen molar-refractivity contribution < 1.29 is 65.8 Å². The normalized spacial score (nSPS) is 8.68. The van der Waals surface area contributed by atoms with E-state index in [-0.39, 0.29) is 39.1 Å². The van der Waals surface area contributed by atoms with Gasteiger partial charge in [-0.2, -0.15) is 0 Å². The molecule has 0 fully saturated rings. The van der Waals surface area contributed by atoms with Crippen LogP contribution >= 0.6 is 0 Å². The molecule has 0 aliphatic rings. The van der Waals surface area contributed by atoms with Crippen molar-refractivity contribution in [1.82, 2.24) is 0 Å². The molecule has 0 N–H and O–H groups in total. The molecule has 0 saturated carbocycles. The topological polar surface area (TPSA) is 172 Å². The van der Waals surface area contributed by atoms with Crippen molar-refractivity contribution in [3.63, 3.8) is 0 Å². The summed E-state index contributed by atoms with van der Waals surface area (Å²) < 4.78 is 0. The van der Waals surface area contributed by atoms with Crippen LogP contribution in [0.5, 0.6) is 0 Å². The van der Waals surface area contributed by atoms with Crippen LogP contribution in [0.25, 0.3) is 0 Å². The maximum Gasteiger partial charge on any atom is 3.00 e. The number of rotatable bonds is 12. The van der Waals surface area contributed by atoms with Gasteiger partial charge in [-0.25, -0.2) is 0 Å². The van der Waals surface area contributed by atoms with Crippen molar-refractivity contribution >= 4 is 35.3 Å². The number of hydrogen-bond donors (Lipinski definition) is 0. The van der Waals surface area contributed by atoms with Gasteiger partial charge >= 0.3 is 21.7 Å². The first-order chi connectivity index (χ1) is 12.5. The average molecular weight is 435 g/mol. The van der Waals surface area contributed by atoms with Crippen molar-refractivity contribution in [2.24, 2.45) is 0 Å². The Morgan fingerprint density at radius 3 is 0.786 bits per heavy atom. The van der Waals surface area contributed by atoms with Gasteiger partial charge < -0.3 is 29.7 Å². The fourth-order valence-electron chi connectivity index (χ4n) is 1.58. The Morgan fingerprint density at radius 1 is 0.500 bits per heavy atom. The number of aliphatic carboxylic acids is 3. The van der Waals surface area contributed by atoms with Gasteiger partial charge in [0.1, 0.15) is 17.3 Å². The molecule has 0 aliphatic heterocycles. The second kappa shape index (κ2) is 23.2. The molecule has 0 aromatic heterocycles. The van der Waals surface area contributed by atoms with E-state index in [9.17, 15) is 44.1 Å². The van der Waals surface area contributed by atoms with Crippen LogP contribution in [0.1, 0.15) is 78.6 Å². The van der Waals surface area contributed by atoms with E-state index in [1.165, 1.54) is 0 Å². The molecule has 9 nitrogen and oxygen atoms in total. The molecule has 0 saturated heterocycles. The third-order valence-corrected chi connectivity index (χ3v) is 2.61. The van der Waals surface area contributed by atoms with Crippen molar-refractivity contribution in [2.45, 2.75) is 78.6 Å². The molecule has 0 unspecified atom stereocenters. The Morgan fingerprint density at radius 2 is 0.679 bits per heavy atom. The second-order valence-corrected chi connectivity index (χ2v) is 5.51. The van der Waals surface area contributed by atoms with Crippen LogP contribution in [0.15, 0.2) is 0 Å². The minimum Gasteiger partial charge on any atom is -0.550 e. The minimum atomic E-state index is -1.28. The van der Waals surface area contributed by atoms with Gasteiger partial charge in [-0.3, -0.25) is 14.4 Å². The summed E-state index contributed by atoms with van der Waals surface area (Å²) in [6, 6.07) is 0. The van der Waals surface area contributed by atoms with Crippen molar-refractivity contribution in [1.29, 1.82) is 0 Å². The number of carboxylic acid groups (broad SMARTS) is 3. The molecule has 1 radical (unpaired) electrons. The fourth-order valence-corrected chi connectivity index (χ4v) is 1.58. The maximum absolute atomic E-state index is 10.4. The van der Waals surface area contributed by atoms with E-state index in [2.05, 4.69) is 0 Å². The quantitative estimate of drug-likeness (QED) is 0.261. The predicted octanol–water partition coefficient (Wildman–Crippen LogP) is -1.52. The van der Waals surface area contributed by atoms with Gasteiger partial charge in [0.25, 0.3) is 0 Å². The molecular formula is C18H27O9Ti. The summed E-state index contributed by atoms with van der Waals surface area (Å²) in [5, 5.41) is 29.3. The van der Waals surface area contributed by atoms with E-state index < -0.39 is 37.2 Å². The zero-order chi connectivity index (χ0) is 21.8. The van der Waals surface area contributed by atoms with E-state index in [1.807, 2.05) is 20.8 Å². The summed E-state index contributed by atoms with van der Waals surface area (Å²) in [6.07, 6.45) is 1.82. The Balaban J connectivity index is -0.000000152. The van der Waals surface area contributed by atoms with Crippen LogP contribution in [0, 0.1) is 0 Å². The van der Waals surface area contributed by atoms with Gasteiger partial charge in [0.2, 0.25) is 0 Å². The third kappa shape index (κ3) is 35.3. The van der Waals surface area contributed by atoms with Gasteiger partial charge in [-0.15, -0.1) is 0 Å². The zero-order valence-corrected chi connectivity index (χ0v) is 18.1. The Bertz CT molecular complexity index is 430. The third-order valence-electron chi connectivity index (χ3n) is 2.61. The summed E-state index contributed by atoms with van der Waals surface area (Å²) in [5.41, 5.74) is 0. The summed E-state index contributed by atoms with van der Waals surface area (Å²) in [6.45, 7) is 5.48. The standard InChI is InChI=1S/3C6H10O3.Ti/c3*1-2-3-5(7)4-6(8)9;/h3*2-4H2,1H3,(H,8,9);/q;;;+3/p-3.